The van der Waals surface area contributed by atoms with Crippen LogP contribution in [0.15, 0.2) is 0 Å². The van der Waals surface area contributed by atoms with E-state index < -0.39 is 34.8 Å². The standard InChI is InChI=1S/C10H9F5N2.ClH/c11-5-6(12)8(14)10(9(15)7(5)13)17-3-1-16-2-4-17;/h16H,1-4H2;1H. The van der Waals surface area contributed by atoms with Crippen LogP contribution in [0.1, 0.15) is 0 Å². The van der Waals surface area contributed by atoms with Crippen molar-refractivity contribution in [2.45, 2.75) is 0 Å². The molecule has 1 N–H and O–H groups in total. The molecule has 1 aliphatic rings. The highest BCUT2D eigenvalue weighted by atomic mass is 35.5. The van der Waals surface area contributed by atoms with Crippen molar-refractivity contribution >= 4 is 18.1 Å². The summed E-state index contributed by atoms with van der Waals surface area (Å²) in [4.78, 5) is 1.15. The molecule has 1 aliphatic heterocycles. The van der Waals surface area contributed by atoms with Crippen molar-refractivity contribution in [3.05, 3.63) is 29.1 Å². The predicted octanol–water partition coefficient (Wildman–Crippen LogP) is 2.21. The summed E-state index contributed by atoms with van der Waals surface area (Å²) in [5.41, 5.74) is -0.845. The van der Waals surface area contributed by atoms with Gasteiger partial charge >= 0.3 is 0 Å². The highest BCUT2D eigenvalue weighted by molar-refractivity contribution is 5.85. The van der Waals surface area contributed by atoms with Crippen molar-refractivity contribution in [2.75, 3.05) is 31.1 Å². The van der Waals surface area contributed by atoms with Gasteiger partial charge in [0.15, 0.2) is 23.3 Å². The maximum Gasteiger partial charge on any atom is 0.200 e. The Kier molecular flexibility index (Phi) is 4.75. The SMILES string of the molecule is Cl.Fc1c(F)c(F)c(N2CCNCC2)c(F)c1F. The molecule has 2 nitrogen and oxygen atoms in total. The van der Waals surface area contributed by atoms with Gasteiger partial charge in [0.05, 0.1) is 0 Å². The molecule has 0 spiro atoms. The van der Waals surface area contributed by atoms with Crippen LogP contribution in [0.5, 0.6) is 0 Å². The van der Waals surface area contributed by atoms with Crippen LogP contribution in [0.25, 0.3) is 0 Å². The summed E-state index contributed by atoms with van der Waals surface area (Å²) in [6, 6.07) is 0. The van der Waals surface area contributed by atoms with E-state index in [4.69, 9.17) is 0 Å². The Morgan fingerprint density at radius 3 is 1.56 bits per heavy atom. The molecule has 1 heterocycles. The van der Waals surface area contributed by atoms with Crippen LogP contribution < -0.4 is 10.2 Å². The maximum absolute atomic E-state index is 13.4. The molecule has 0 bridgehead atoms. The molecule has 1 saturated heterocycles. The quantitative estimate of drug-likeness (QED) is 0.484. The largest absolute Gasteiger partial charge is 0.364 e. The van der Waals surface area contributed by atoms with E-state index in [1.54, 1.807) is 0 Å². The average molecular weight is 289 g/mol. The molecule has 0 radical (unpaired) electrons. The summed E-state index contributed by atoms with van der Waals surface area (Å²) in [5, 5.41) is 2.92. The Bertz CT molecular complexity index is 419. The van der Waals surface area contributed by atoms with E-state index in [0.29, 0.717) is 13.1 Å². The van der Waals surface area contributed by atoms with E-state index >= 15 is 0 Å². The summed E-state index contributed by atoms with van der Waals surface area (Å²) in [6.45, 7) is 1.25. The molecular formula is C10H10ClF5N2. The average Bonchev–Trinajstić information content (AvgIpc) is 2.36. The molecule has 0 saturated carbocycles. The number of rotatable bonds is 1. The number of halogens is 6. The summed E-state index contributed by atoms with van der Waals surface area (Å²) >= 11 is 0. The zero-order valence-corrected chi connectivity index (χ0v) is 9.89. The van der Waals surface area contributed by atoms with Gasteiger partial charge in [-0.05, 0) is 0 Å². The zero-order chi connectivity index (χ0) is 12.6. The Morgan fingerprint density at radius 1 is 0.722 bits per heavy atom. The molecule has 1 aromatic carbocycles. The van der Waals surface area contributed by atoms with Crippen molar-refractivity contribution in [2.24, 2.45) is 0 Å². The van der Waals surface area contributed by atoms with Crippen LogP contribution in [0.2, 0.25) is 0 Å². The molecule has 0 amide bonds. The Morgan fingerprint density at radius 2 is 1.11 bits per heavy atom. The van der Waals surface area contributed by atoms with E-state index in [-0.39, 0.29) is 25.5 Å². The predicted molar refractivity (Wildman–Crippen MR) is 58.6 cm³/mol. The van der Waals surface area contributed by atoms with Crippen molar-refractivity contribution in [1.82, 2.24) is 5.32 Å². The first-order valence-electron chi connectivity index (χ1n) is 5.01. The van der Waals surface area contributed by atoms with Gasteiger partial charge < -0.3 is 10.2 Å². The van der Waals surface area contributed by atoms with Crippen molar-refractivity contribution in [3.8, 4) is 0 Å². The highest BCUT2D eigenvalue weighted by Crippen LogP contribution is 2.30. The lowest BCUT2D eigenvalue weighted by atomic mass is 10.2. The molecule has 18 heavy (non-hydrogen) atoms. The summed E-state index contributed by atoms with van der Waals surface area (Å²) in [7, 11) is 0. The van der Waals surface area contributed by atoms with E-state index in [2.05, 4.69) is 5.32 Å². The van der Waals surface area contributed by atoms with Crippen LogP contribution in [0, 0.1) is 29.1 Å². The smallest absolute Gasteiger partial charge is 0.200 e. The lowest BCUT2D eigenvalue weighted by Gasteiger charge is -2.30. The third-order valence-corrected chi connectivity index (χ3v) is 2.62. The first kappa shape index (κ1) is 15.0. The van der Waals surface area contributed by atoms with Crippen LogP contribution in [-0.2, 0) is 0 Å². The number of piperazine rings is 1. The molecule has 102 valence electrons. The summed E-state index contributed by atoms with van der Waals surface area (Å²) in [5.74, 6) is -9.49. The maximum atomic E-state index is 13.4. The van der Waals surface area contributed by atoms with Gasteiger partial charge in [0.1, 0.15) is 5.69 Å². The minimum Gasteiger partial charge on any atom is -0.364 e. The van der Waals surface area contributed by atoms with Gasteiger partial charge in [-0.2, -0.15) is 0 Å². The number of hydrogen-bond donors (Lipinski definition) is 1. The van der Waals surface area contributed by atoms with Crippen LogP contribution in [0.4, 0.5) is 27.6 Å². The van der Waals surface area contributed by atoms with E-state index in [0.717, 1.165) is 4.90 Å². The highest BCUT2D eigenvalue weighted by Gasteiger charge is 2.29. The number of anilines is 1. The first-order chi connectivity index (χ1) is 8.04. The minimum absolute atomic E-state index is 0. The Labute approximate surface area is 106 Å². The van der Waals surface area contributed by atoms with E-state index in [1.165, 1.54) is 0 Å². The lowest BCUT2D eigenvalue weighted by molar-refractivity contribution is 0.376. The van der Waals surface area contributed by atoms with Gasteiger partial charge in [-0.1, -0.05) is 0 Å². The molecule has 0 unspecified atom stereocenters. The summed E-state index contributed by atoms with van der Waals surface area (Å²) in [6.07, 6.45) is 0. The van der Waals surface area contributed by atoms with Crippen molar-refractivity contribution < 1.29 is 22.0 Å². The van der Waals surface area contributed by atoms with Crippen molar-refractivity contribution in [3.63, 3.8) is 0 Å². The number of nitrogens with one attached hydrogen (secondary N) is 1. The normalized spacial score (nSPS) is 15.5. The van der Waals surface area contributed by atoms with Gasteiger partial charge in [0, 0.05) is 26.2 Å². The molecule has 0 aromatic heterocycles. The second-order valence-corrected chi connectivity index (χ2v) is 3.66. The molecule has 1 aromatic rings. The van der Waals surface area contributed by atoms with Crippen LogP contribution >= 0.6 is 12.4 Å². The number of benzene rings is 1. The summed E-state index contributed by atoms with van der Waals surface area (Å²) < 4.78 is 65.5. The Hall–Kier alpha value is -1.08. The molecule has 8 heteroatoms. The molecular weight excluding hydrogens is 279 g/mol. The molecule has 2 rings (SSSR count). The molecule has 0 aliphatic carbocycles. The van der Waals surface area contributed by atoms with E-state index in [9.17, 15) is 22.0 Å². The van der Waals surface area contributed by atoms with Crippen LogP contribution in [-0.4, -0.2) is 26.2 Å². The van der Waals surface area contributed by atoms with Crippen molar-refractivity contribution in [1.29, 1.82) is 0 Å². The zero-order valence-electron chi connectivity index (χ0n) is 9.07. The third-order valence-electron chi connectivity index (χ3n) is 2.62. The monoisotopic (exact) mass is 288 g/mol. The third kappa shape index (κ3) is 2.37. The fraction of sp³-hybridized carbons (Fsp3) is 0.400. The minimum atomic E-state index is -2.13. The number of hydrogen-bond acceptors (Lipinski definition) is 2. The fourth-order valence-electron chi connectivity index (χ4n) is 1.76. The van der Waals surface area contributed by atoms with Gasteiger partial charge in [-0.25, -0.2) is 22.0 Å². The van der Waals surface area contributed by atoms with Gasteiger partial charge in [0.25, 0.3) is 0 Å². The molecule has 1 fully saturated rings. The second kappa shape index (κ2) is 5.71. The van der Waals surface area contributed by atoms with Gasteiger partial charge in [-0.3, -0.25) is 0 Å². The first-order valence-corrected chi connectivity index (χ1v) is 5.01. The molecule has 0 atom stereocenters. The fourth-order valence-corrected chi connectivity index (χ4v) is 1.76. The van der Waals surface area contributed by atoms with Gasteiger partial charge in [-0.15, -0.1) is 12.4 Å². The van der Waals surface area contributed by atoms with E-state index in [1.807, 2.05) is 0 Å². The lowest BCUT2D eigenvalue weighted by Crippen LogP contribution is -2.44. The van der Waals surface area contributed by atoms with Gasteiger partial charge in [0.2, 0.25) is 5.82 Å². The topological polar surface area (TPSA) is 15.3 Å². The second-order valence-electron chi connectivity index (χ2n) is 3.66. The number of nitrogens with zero attached hydrogens (tertiary/aromatic N) is 1. The van der Waals surface area contributed by atoms with Crippen LogP contribution in [0.3, 0.4) is 0 Å². The Balaban J connectivity index is 0.00000162.